The molecule has 0 fully saturated rings. The Labute approximate surface area is 127 Å². The number of anilines is 1. The van der Waals surface area contributed by atoms with E-state index in [0.29, 0.717) is 0 Å². The maximum atomic E-state index is 11.7. The van der Waals surface area contributed by atoms with E-state index < -0.39 is 23.4 Å². The summed E-state index contributed by atoms with van der Waals surface area (Å²) in [6.45, 7) is 6.85. The van der Waals surface area contributed by atoms with Crippen LogP contribution in [-0.2, 0) is 21.3 Å². The van der Waals surface area contributed by atoms with Crippen LogP contribution in [0.2, 0.25) is 0 Å². The van der Waals surface area contributed by atoms with Crippen molar-refractivity contribution in [3.8, 4) is 0 Å². The van der Waals surface area contributed by atoms with Gasteiger partial charge in [0.25, 0.3) is 0 Å². The van der Waals surface area contributed by atoms with Crippen molar-refractivity contribution < 1.29 is 24.3 Å². The van der Waals surface area contributed by atoms with Gasteiger partial charge in [0.2, 0.25) is 17.5 Å². The monoisotopic (exact) mass is 313 g/mol. The molecule has 10 heteroatoms. The molecule has 0 aromatic carbocycles. The van der Waals surface area contributed by atoms with E-state index in [-0.39, 0.29) is 18.4 Å². The van der Waals surface area contributed by atoms with Crippen molar-refractivity contribution in [3.05, 3.63) is 5.82 Å². The second kappa shape index (κ2) is 6.87. The molecule has 1 aromatic heterocycles. The Kier molecular flexibility index (Phi) is 5.44. The van der Waals surface area contributed by atoms with Crippen LogP contribution in [0, 0.1) is 0 Å². The first kappa shape index (κ1) is 17.4. The molecule has 0 bridgehead atoms. The molecule has 0 spiro atoms. The molecule has 122 valence electrons. The molecular weight excluding hydrogens is 294 g/mol. The van der Waals surface area contributed by atoms with E-state index >= 15 is 0 Å². The highest BCUT2D eigenvalue weighted by Gasteiger charge is 2.24. The summed E-state index contributed by atoms with van der Waals surface area (Å²) in [4.78, 5) is 27.2. The van der Waals surface area contributed by atoms with Crippen LogP contribution in [0.1, 0.15) is 33.5 Å². The second-order valence-electron chi connectivity index (χ2n) is 5.18. The first-order valence-electron chi connectivity index (χ1n) is 6.48. The zero-order valence-electron chi connectivity index (χ0n) is 13.1. The van der Waals surface area contributed by atoms with Crippen LogP contribution in [0.15, 0.2) is 5.16 Å². The molecule has 1 rings (SSSR count). The summed E-state index contributed by atoms with van der Waals surface area (Å²) in [5, 5.41) is 18.0. The molecule has 2 N–H and O–H groups in total. The molecule has 0 saturated carbocycles. The molecule has 0 atom stereocenters. The maximum absolute atomic E-state index is 11.7. The molecular formula is C12H19N5O5. The number of aromatic nitrogens is 3. The zero-order chi connectivity index (χ0) is 16.9. The lowest BCUT2D eigenvalue weighted by atomic mass is 10.2. The fourth-order valence-corrected chi connectivity index (χ4v) is 1.36. The molecule has 1 heterocycles. The van der Waals surface area contributed by atoms with Crippen molar-refractivity contribution in [1.29, 1.82) is 0 Å². The fraction of sp³-hybridized carbons (Fsp3) is 0.583. The molecule has 10 nitrogen and oxygen atoms in total. The van der Waals surface area contributed by atoms with Gasteiger partial charge >= 0.3 is 12.1 Å². The third-order valence-electron chi connectivity index (χ3n) is 2.16. The van der Waals surface area contributed by atoms with Gasteiger partial charge in [-0.15, -0.1) is 5.10 Å². The van der Waals surface area contributed by atoms with Crippen LogP contribution >= 0.6 is 0 Å². The summed E-state index contributed by atoms with van der Waals surface area (Å²) < 4.78 is 11.0. The van der Waals surface area contributed by atoms with Gasteiger partial charge in [0, 0.05) is 7.05 Å². The van der Waals surface area contributed by atoms with Crippen molar-refractivity contribution in [2.24, 2.45) is 12.2 Å². The molecule has 0 aliphatic heterocycles. The average molecular weight is 313 g/mol. The molecule has 0 radical (unpaired) electrons. The molecule has 0 aliphatic rings. The number of nitrogens with zero attached hydrogens (tertiary/aromatic N) is 4. The number of hydrogen-bond donors (Lipinski definition) is 2. The van der Waals surface area contributed by atoms with Crippen molar-refractivity contribution >= 4 is 23.7 Å². The van der Waals surface area contributed by atoms with E-state index in [2.05, 4.69) is 20.6 Å². The summed E-state index contributed by atoms with van der Waals surface area (Å²) in [7, 11) is 1.49. The van der Waals surface area contributed by atoms with E-state index in [0.717, 1.165) is 0 Å². The predicted octanol–water partition coefficient (Wildman–Crippen LogP) is 0.903. The van der Waals surface area contributed by atoms with Crippen LogP contribution in [0.25, 0.3) is 0 Å². The summed E-state index contributed by atoms with van der Waals surface area (Å²) in [5.41, 5.74) is -1.14. The summed E-state index contributed by atoms with van der Waals surface area (Å²) in [5.74, 6) is -1.04. The van der Waals surface area contributed by atoms with E-state index in [1.165, 1.54) is 11.7 Å². The van der Waals surface area contributed by atoms with Gasteiger partial charge in [0.15, 0.2) is 0 Å². The fourth-order valence-electron chi connectivity index (χ4n) is 1.36. The van der Waals surface area contributed by atoms with Crippen LogP contribution in [-0.4, -0.2) is 50.0 Å². The lowest BCUT2D eigenvalue weighted by Crippen LogP contribution is -2.28. The Morgan fingerprint density at radius 1 is 1.41 bits per heavy atom. The zero-order valence-corrected chi connectivity index (χ0v) is 13.1. The number of amides is 1. The van der Waals surface area contributed by atoms with Gasteiger partial charge in [0.1, 0.15) is 5.60 Å². The maximum Gasteiger partial charge on any atom is 0.414 e. The highest BCUT2D eigenvalue weighted by Crippen LogP contribution is 2.10. The third-order valence-corrected chi connectivity index (χ3v) is 2.16. The van der Waals surface area contributed by atoms with E-state index in [9.17, 15) is 9.59 Å². The van der Waals surface area contributed by atoms with Crippen LogP contribution in [0.3, 0.4) is 0 Å². The highest BCUT2D eigenvalue weighted by molar-refractivity contribution is 6.42. The number of carbonyl (C=O) groups is 2. The van der Waals surface area contributed by atoms with Crippen LogP contribution in [0.4, 0.5) is 10.7 Å². The highest BCUT2D eigenvalue weighted by atomic mass is 16.6. The molecule has 0 saturated heterocycles. The van der Waals surface area contributed by atoms with Gasteiger partial charge in [-0.2, -0.15) is 4.98 Å². The molecule has 22 heavy (non-hydrogen) atoms. The van der Waals surface area contributed by atoms with Crippen LogP contribution < -0.4 is 5.32 Å². The van der Waals surface area contributed by atoms with E-state index in [1.807, 2.05) is 0 Å². The van der Waals surface area contributed by atoms with Gasteiger partial charge in [-0.05, 0) is 27.7 Å². The number of carbonyl (C=O) groups excluding carboxylic acids is 2. The lowest BCUT2D eigenvalue weighted by Gasteiger charge is -2.19. The Balaban J connectivity index is 2.92. The first-order chi connectivity index (χ1) is 10.2. The Morgan fingerprint density at radius 3 is 2.55 bits per heavy atom. The summed E-state index contributed by atoms with van der Waals surface area (Å²) >= 11 is 0. The number of oxime groups is 1. The van der Waals surface area contributed by atoms with Crippen molar-refractivity contribution in [2.75, 3.05) is 11.9 Å². The number of esters is 1. The first-order valence-corrected chi connectivity index (χ1v) is 6.48. The third kappa shape index (κ3) is 4.72. The largest absolute Gasteiger partial charge is 0.461 e. The number of nitrogens with one attached hydrogen (secondary N) is 1. The van der Waals surface area contributed by atoms with Crippen molar-refractivity contribution in [3.63, 3.8) is 0 Å². The van der Waals surface area contributed by atoms with Crippen molar-refractivity contribution in [1.82, 2.24) is 14.8 Å². The van der Waals surface area contributed by atoms with E-state index in [1.54, 1.807) is 27.7 Å². The number of hydrogen-bond acceptors (Lipinski definition) is 8. The minimum Gasteiger partial charge on any atom is -0.461 e. The SMILES string of the molecule is CCOC(=O)C(=NO)c1nc(NC(=O)OC(C)(C)C)n(C)n1. The minimum absolute atomic E-state index is 0.0229. The van der Waals surface area contributed by atoms with Crippen LogP contribution in [0.5, 0.6) is 0 Å². The standard InChI is InChI=1S/C12H19N5O5/c1-6-21-9(18)7(16-20)8-13-10(17(5)15-8)14-11(19)22-12(2,3)4/h20H,6H2,1-5H3,(H,13,14,15,19). The summed E-state index contributed by atoms with van der Waals surface area (Å²) in [6, 6.07) is 0. The minimum atomic E-state index is -0.876. The quantitative estimate of drug-likeness (QED) is 0.366. The Morgan fingerprint density at radius 2 is 2.05 bits per heavy atom. The van der Waals surface area contributed by atoms with Crippen molar-refractivity contribution in [2.45, 2.75) is 33.3 Å². The van der Waals surface area contributed by atoms with Gasteiger partial charge in [0.05, 0.1) is 6.61 Å². The molecule has 1 amide bonds. The smallest absolute Gasteiger partial charge is 0.414 e. The van der Waals surface area contributed by atoms with Gasteiger partial charge in [-0.3, -0.25) is 5.32 Å². The van der Waals surface area contributed by atoms with Gasteiger partial charge in [-0.1, -0.05) is 5.16 Å². The molecule has 0 unspecified atom stereocenters. The van der Waals surface area contributed by atoms with Gasteiger partial charge < -0.3 is 14.7 Å². The molecule has 1 aromatic rings. The topological polar surface area (TPSA) is 128 Å². The molecule has 0 aliphatic carbocycles. The number of rotatable bonds is 4. The number of ether oxygens (including phenoxy) is 2. The Bertz CT molecular complexity index is 587. The lowest BCUT2D eigenvalue weighted by molar-refractivity contribution is -0.135. The van der Waals surface area contributed by atoms with E-state index in [4.69, 9.17) is 14.7 Å². The van der Waals surface area contributed by atoms with Gasteiger partial charge in [-0.25, -0.2) is 14.3 Å². The number of aryl methyl sites for hydroxylation is 1. The normalized spacial score (nSPS) is 12.0. The predicted molar refractivity (Wildman–Crippen MR) is 75.8 cm³/mol. The summed E-state index contributed by atoms with van der Waals surface area (Å²) in [6.07, 6.45) is -0.729. The average Bonchev–Trinajstić information content (AvgIpc) is 2.69. The second-order valence-corrected chi connectivity index (χ2v) is 5.18. The Hall–Kier alpha value is -2.65.